The molecule has 8 heteroatoms. The minimum atomic E-state index is -0.364. The van der Waals surface area contributed by atoms with Crippen LogP contribution in [-0.4, -0.2) is 23.1 Å². The number of amides is 1. The number of anilines is 1. The van der Waals surface area contributed by atoms with Gasteiger partial charge < -0.3 is 10.1 Å². The fourth-order valence-electron chi connectivity index (χ4n) is 3.18. The van der Waals surface area contributed by atoms with Crippen molar-refractivity contribution in [3.8, 4) is 16.3 Å². The predicted octanol–water partition coefficient (Wildman–Crippen LogP) is 6.06. The number of methoxy groups -OCH3 is 1. The van der Waals surface area contributed by atoms with Crippen LogP contribution < -0.4 is 15.4 Å². The number of aryl methyl sites for hydroxylation is 1. The number of halogens is 1. The average molecular weight is 468 g/mol. The molecule has 4 rings (SSSR count). The Hall–Kier alpha value is -3.00. The van der Waals surface area contributed by atoms with Gasteiger partial charge in [-0.25, -0.2) is 4.98 Å². The number of rotatable bonds is 4. The molecule has 0 aliphatic heterocycles. The van der Waals surface area contributed by atoms with Crippen LogP contribution in [0.25, 0.3) is 20.8 Å². The highest BCUT2D eigenvalue weighted by Crippen LogP contribution is 2.33. The van der Waals surface area contributed by atoms with E-state index in [1.54, 1.807) is 29.5 Å². The second-order valence-electron chi connectivity index (χ2n) is 6.75. The van der Waals surface area contributed by atoms with E-state index in [-0.39, 0.29) is 11.0 Å². The van der Waals surface area contributed by atoms with Gasteiger partial charge in [0.15, 0.2) is 5.11 Å². The Balaban J connectivity index is 1.54. The molecular weight excluding hydrogens is 450 g/mol. The number of thiazole rings is 1. The van der Waals surface area contributed by atoms with Gasteiger partial charge in [-0.1, -0.05) is 41.9 Å². The lowest BCUT2D eigenvalue weighted by Gasteiger charge is -2.14. The molecule has 0 saturated carbocycles. The highest BCUT2D eigenvalue weighted by atomic mass is 35.5. The van der Waals surface area contributed by atoms with Crippen molar-refractivity contribution in [1.82, 2.24) is 10.3 Å². The molecule has 0 aliphatic rings. The quantitative estimate of drug-likeness (QED) is 0.357. The fraction of sp³-hybridized carbons (Fsp3) is 0.0870. The van der Waals surface area contributed by atoms with Crippen molar-refractivity contribution in [2.24, 2.45) is 0 Å². The smallest absolute Gasteiger partial charge is 0.261 e. The topological polar surface area (TPSA) is 63.2 Å². The zero-order valence-corrected chi connectivity index (χ0v) is 19.1. The number of ether oxygens (including phenoxy) is 1. The van der Waals surface area contributed by atoms with E-state index in [0.717, 1.165) is 26.4 Å². The Morgan fingerprint density at radius 1 is 1.13 bits per heavy atom. The van der Waals surface area contributed by atoms with E-state index in [2.05, 4.69) is 15.6 Å². The number of carbonyl (C=O) groups is 1. The van der Waals surface area contributed by atoms with Gasteiger partial charge in [-0.05, 0) is 55.0 Å². The minimum Gasteiger partial charge on any atom is -0.496 e. The van der Waals surface area contributed by atoms with E-state index in [1.807, 2.05) is 49.4 Å². The molecule has 0 unspecified atom stereocenters. The molecule has 0 atom stereocenters. The number of aromatic nitrogens is 1. The van der Waals surface area contributed by atoms with Crippen molar-refractivity contribution in [2.75, 3.05) is 12.4 Å². The Labute approximate surface area is 194 Å². The van der Waals surface area contributed by atoms with Crippen molar-refractivity contribution < 1.29 is 9.53 Å². The summed E-state index contributed by atoms with van der Waals surface area (Å²) in [7, 11) is 1.53. The molecule has 5 nitrogen and oxygen atoms in total. The third-order valence-electron chi connectivity index (χ3n) is 4.64. The summed E-state index contributed by atoms with van der Waals surface area (Å²) in [5, 5.41) is 7.19. The molecule has 3 aromatic carbocycles. The number of thiocarbonyl (C=S) groups is 1. The molecule has 1 heterocycles. The molecule has 156 valence electrons. The van der Waals surface area contributed by atoms with Gasteiger partial charge in [-0.3, -0.25) is 10.1 Å². The Kier molecular flexibility index (Phi) is 6.18. The average Bonchev–Trinajstić information content (AvgIpc) is 3.19. The molecule has 0 radical (unpaired) electrons. The number of para-hydroxylation sites is 2. The fourth-order valence-corrected chi connectivity index (χ4v) is 4.51. The van der Waals surface area contributed by atoms with E-state index < -0.39 is 0 Å². The van der Waals surface area contributed by atoms with E-state index in [4.69, 9.17) is 28.6 Å². The lowest BCUT2D eigenvalue weighted by Crippen LogP contribution is -2.34. The first-order chi connectivity index (χ1) is 15.0. The highest BCUT2D eigenvalue weighted by Gasteiger charge is 2.16. The number of benzene rings is 3. The molecule has 1 amide bonds. The maximum absolute atomic E-state index is 12.7. The van der Waals surface area contributed by atoms with Crippen molar-refractivity contribution in [2.45, 2.75) is 6.92 Å². The molecule has 2 N–H and O–H groups in total. The summed E-state index contributed by atoms with van der Waals surface area (Å²) in [6, 6.07) is 18.9. The summed E-state index contributed by atoms with van der Waals surface area (Å²) in [6.45, 7) is 1.87. The Morgan fingerprint density at radius 2 is 1.94 bits per heavy atom. The van der Waals surface area contributed by atoms with Crippen molar-refractivity contribution in [1.29, 1.82) is 0 Å². The van der Waals surface area contributed by atoms with Gasteiger partial charge >= 0.3 is 0 Å². The monoisotopic (exact) mass is 467 g/mol. The Bertz CT molecular complexity index is 1270. The first-order valence-corrected chi connectivity index (χ1v) is 11.0. The first kappa shape index (κ1) is 21.2. The van der Waals surface area contributed by atoms with E-state index in [0.29, 0.717) is 22.0 Å². The van der Waals surface area contributed by atoms with Crippen molar-refractivity contribution in [3.63, 3.8) is 0 Å². The van der Waals surface area contributed by atoms with Crippen LogP contribution >= 0.6 is 35.2 Å². The van der Waals surface area contributed by atoms with Crippen LogP contribution in [0.5, 0.6) is 5.75 Å². The summed E-state index contributed by atoms with van der Waals surface area (Å²) in [5.41, 5.74) is 3.70. The van der Waals surface area contributed by atoms with Gasteiger partial charge in [0.2, 0.25) is 0 Å². The van der Waals surface area contributed by atoms with Gasteiger partial charge in [-0.2, -0.15) is 0 Å². The minimum absolute atomic E-state index is 0.136. The standard InChI is InChI=1S/C23H18ClN3O2S2/c1-13-6-5-7-15(20(13)29-2)21(28)27-23(30)26-18-12-14(10-11-16(18)24)22-25-17-8-3-4-9-19(17)31-22/h3-12H,1-2H3,(H2,26,27,28,30). The van der Waals surface area contributed by atoms with Crippen LogP contribution in [0.2, 0.25) is 5.02 Å². The summed E-state index contributed by atoms with van der Waals surface area (Å²) in [4.78, 5) is 17.4. The maximum Gasteiger partial charge on any atom is 0.261 e. The lowest BCUT2D eigenvalue weighted by atomic mass is 10.1. The van der Waals surface area contributed by atoms with Crippen LogP contribution in [0, 0.1) is 6.92 Å². The molecule has 31 heavy (non-hydrogen) atoms. The number of nitrogens with one attached hydrogen (secondary N) is 2. The van der Waals surface area contributed by atoms with E-state index in [1.165, 1.54) is 7.11 Å². The van der Waals surface area contributed by atoms with Gasteiger partial charge in [0, 0.05) is 5.56 Å². The van der Waals surface area contributed by atoms with Crippen LogP contribution in [0.1, 0.15) is 15.9 Å². The normalized spacial score (nSPS) is 10.7. The second-order valence-corrected chi connectivity index (χ2v) is 8.59. The zero-order valence-electron chi connectivity index (χ0n) is 16.7. The SMILES string of the molecule is COc1c(C)cccc1C(=O)NC(=S)Nc1cc(-c2nc3ccccc3s2)ccc1Cl. The molecular formula is C23H18ClN3O2S2. The van der Waals surface area contributed by atoms with Crippen LogP contribution in [-0.2, 0) is 0 Å². The zero-order chi connectivity index (χ0) is 22.0. The third-order valence-corrected chi connectivity index (χ3v) is 6.26. The molecule has 0 bridgehead atoms. The molecule has 1 aromatic heterocycles. The van der Waals surface area contributed by atoms with E-state index in [9.17, 15) is 4.79 Å². The van der Waals surface area contributed by atoms with Gasteiger partial charge in [0.25, 0.3) is 5.91 Å². The van der Waals surface area contributed by atoms with Crippen LogP contribution in [0.3, 0.4) is 0 Å². The molecule has 0 spiro atoms. The Morgan fingerprint density at radius 3 is 2.71 bits per heavy atom. The summed E-state index contributed by atoms with van der Waals surface area (Å²) in [5.74, 6) is 0.148. The number of nitrogens with zero attached hydrogens (tertiary/aromatic N) is 1. The second kappa shape index (κ2) is 9.01. The summed E-state index contributed by atoms with van der Waals surface area (Å²) < 4.78 is 6.46. The molecule has 0 fully saturated rings. The number of hydrogen-bond donors (Lipinski definition) is 2. The highest BCUT2D eigenvalue weighted by molar-refractivity contribution is 7.80. The lowest BCUT2D eigenvalue weighted by molar-refractivity contribution is 0.0974. The summed E-state index contributed by atoms with van der Waals surface area (Å²) >= 11 is 13.3. The molecule has 4 aromatic rings. The number of fused-ring (bicyclic) bond motifs is 1. The predicted molar refractivity (Wildman–Crippen MR) is 131 cm³/mol. The maximum atomic E-state index is 12.7. The molecule has 0 saturated heterocycles. The first-order valence-electron chi connectivity index (χ1n) is 9.37. The van der Waals surface area contributed by atoms with Crippen molar-refractivity contribution in [3.05, 3.63) is 76.8 Å². The largest absolute Gasteiger partial charge is 0.496 e. The molecule has 0 aliphatic carbocycles. The number of carbonyl (C=O) groups excluding carboxylic acids is 1. The van der Waals surface area contributed by atoms with E-state index >= 15 is 0 Å². The van der Waals surface area contributed by atoms with Gasteiger partial charge in [-0.15, -0.1) is 11.3 Å². The third kappa shape index (κ3) is 4.54. The van der Waals surface area contributed by atoms with Crippen LogP contribution in [0.4, 0.5) is 5.69 Å². The van der Waals surface area contributed by atoms with Crippen LogP contribution in [0.15, 0.2) is 60.7 Å². The van der Waals surface area contributed by atoms with Gasteiger partial charge in [0.1, 0.15) is 10.8 Å². The van der Waals surface area contributed by atoms with Gasteiger partial charge in [0.05, 0.1) is 33.6 Å². The number of hydrogen-bond acceptors (Lipinski definition) is 5. The van der Waals surface area contributed by atoms with Crippen molar-refractivity contribution >= 4 is 62.1 Å². The summed E-state index contributed by atoms with van der Waals surface area (Å²) in [6.07, 6.45) is 0.